The Morgan fingerprint density at radius 3 is 1.50 bits per heavy atom. The number of carboxylic acids is 1. The number of rotatable bonds is 7. The molecule has 0 aliphatic rings. The molecule has 0 heterocycles. The first-order valence-corrected chi connectivity index (χ1v) is 9.26. The van der Waals surface area contributed by atoms with Gasteiger partial charge in [0.05, 0.1) is 46.2 Å². The van der Waals surface area contributed by atoms with Crippen molar-refractivity contribution in [2.24, 2.45) is 0 Å². The summed E-state index contributed by atoms with van der Waals surface area (Å²) in [6, 6.07) is 9.34. The summed E-state index contributed by atoms with van der Waals surface area (Å²) in [4.78, 5) is 22.0. The molecule has 0 unspecified atom stereocenters. The maximum absolute atomic E-state index is 11.4. The van der Waals surface area contributed by atoms with Gasteiger partial charge in [0.1, 0.15) is 0 Å². The van der Waals surface area contributed by atoms with E-state index in [0.29, 0.717) is 35.2 Å². The fraction of sp³-hybridized carbons (Fsp3) is 0.364. The maximum Gasteiger partial charge on any atom is 0.338 e. The Hall–Kier alpha value is -3.42. The van der Waals surface area contributed by atoms with E-state index in [4.69, 9.17) is 28.8 Å². The molecule has 0 bridgehead atoms. The van der Waals surface area contributed by atoms with Gasteiger partial charge in [0.2, 0.25) is 0 Å². The van der Waals surface area contributed by atoms with Crippen LogP contribution in [0.5, 0.6) is 23.0 Å². The Labute approximate surface area is 177 Å². The van der Waals surface area contributed by atoms with Gasteiger partial charge in [0.15, 0.2) is 23.0 Å². The lowest BCUT2D eigenvalue weighted by molar-refractivity contribution is 0.0525. The van der Waals surface area contributed by atoms with Crippen LogP contribution in [0.4, 0.5) is 0 Å². The number of hydrogen-bond acceptors (Lipinski definition) is 7. The lowest BCUT2D eigenvalue weighted by Crippen LogP contribution is -2.05. The van der Waals surface area contributed by atoms with E-state index in [2.05, 4.69) is 0 Å². The van der Waals surface area contributed by atoms with Crippen molar-refractivity contribution >= 4 is 11.9 Å². The summed E-state index contributed by atoms with van der Waals surface area (Å²) >= 11 is 0. The molecule has 0 saturated heterocycles. The van der Waals surface area contributed by atoms with Gasteiger partial charge in [-0.2, -0.15) is 0 Å². The molecule has 8 heteroatoms. The van der Waals surface area contributed by atoms with Gasteiger partial charge >= 0.3 is 11.9 Å². The topological polar surface area (TPSA) is 101 Å². The van der Waals surface area contributed by atoms with Gasteiger partial charge in [0, 0.05) is 0 Å². The minimum Gasteiger partial charge on any atom is -0.493 e. The number of carbonyl (C=O) groups is 2. The molecule has 2 rings (SSSR count). The number of carboxylic acid groups (broad SMARTS) is 1. The zero-order valence-corrected chi connectivity index (χ0v) is 18.5. The van der Waals surface area contributed by atoms with Crippen molar-refractivity contribution in [3.8, 4) is 23.0 Å². The smallest absolute Gasteiger partial charge is 0.338 e. The van der Waals surface area contributed by atoms with Crippen molar-refractivity contribution in [3.05, 3.63) is 47.5 Å². The van der Waals surface area contributed by atoms with Crippen molar-refractivity contribution in [2.45, 2.75) is 20.8 Å². The molecule has 8 nitrogen and oxygen atoms in total. The highest BCUT2D eigenvalue weighted by atomic mass is 16.5. The molecule has 30 heavy (non-hydrogen) atoms. The van der Waals surface area contributed by atoms with Crippen LogP contribution in [0.1, 0.15) is 41.5 Å². The van der Waals surface area contributed by atoms with E-state index in [1.54, 1.807) is 38.3 Å². The first-order valence-electron chi connectivity index (χ1n) is 9.26. The van der Waals surface area contributed by atoms with E-state index in [-0.39, 0.29) is 11.5 Å². The summed E-state index contributed by atoms with van der Waals surface area (Å²) in [6.45, 7) is 6.12. The highest BCUT2D eigenvalue weighted by molar-refractivity contribution is 5.90. The molecular weight excluding hydrogens is 392 g/mol. The minimum absolute atomic E-state index is 0.178. The third-order valence-corrected chi connectivity index (χ3v) is 3.53. The Balaban J connectivity index is 0.000000522. The van der Waals surface area contributed by atoms with Crippen LogP contribution < -0.4 is 18.9 Å². The van der Waals surface area contributed by atoms with Crippen molar-refractivity contribution in [1.29, 1.82) is 0 Å². The summed E-state index contributed by atoms with van der Waals surface area (Å²) in [5.74, 6) is 0.697. The largest absolute Gasteiger partial charge is 0.493 e. The van der Waals surface area contributed by atoms with Crippen LogP contribution in [0.25, 0.3) is 0 Å². The van der Waals surface area contributed by atoms with Gasteiger partial charge in [-0.1, -0.05) is 13.8 Å². The van der Waals surface area contributed by atoms with Crippen LogP contribution in [-0.2, 0) is 4.74 Å². The predicted molar refractivity (Wildman–Crippen MR) is 113 cm³/mol. The number of ether oxygens (including phenoxy) is 5. The standard InChI is InChI=1S/C11H14O4.C9H10O4.C2H6/c1-4-15-11(12)8-5-6-9(13-2)10(7-8)14-3;1-12-7-4-3-6(9(10)11)5-8(7)13-2;1-2/h5-7H,4H2,1-3H3;3-5H,1-2H3,(H,10,11);1-2H3. The summed E-state index contributed by atoms with van der Waals surface area (Å²) in [5, 5.41) is 8.67. The summed E-state index contributed by atoms with van der Waals surface area (Å²) in [7, 11) is 6.02. The molecule has 0 aromatic heterocycles. The Morgan fingerprint density at radius 1 is 0.733 bits per heavy atom. The summed E-state index contributed by atoms with van der Waals surface area (Å²) in [5.41, 5.74) is 0.632. The van der Waals surface area contributed by atoms with E-state index >= 15 is 0 Å². The normalized spacial score (nSPS) is 9.03. The quantitative estimate of drug-likeness (QED) is 0.659. The maximum atomic E-state index is 11.4. The number of methoxy groups -OCH3 is 4. The van der Waals surface area contributed by atoms with E-state index in [1.165, 1.54) is 33.5 Å². The van der Waals surface area contributed by atoms with Gasteiger partial charge in [-0.3, -0.25) is 0 Å². The molecule has 0 spiro atoms. The Kier molecular flexibility index (Phi) is 12.9. The Bertz CT molecular complexity index is 802. The predicted octanol–water partition coefficient (Wildman–Crippen LogP) is 4.31. The fourth-order valence-electron chi connectivity index (χ4n) is 2.15. The van der Waals surface area contributed by atoms with E-state index < -0.39 is 5.97 Å². The molecule has 0 radical (unpaired) electrons. The fourth-order valence-corrected chi connectivity index (χ4v) is 2.15. The van der Waals surface area contributed by atoms with Crippen molar-refractivity contribution in [2.75, 3.05) is 35.0 Å². The van der Waals surface area contributed by atoms with Crippen molar-refractivity contribution < 1.29 is 38.4 Å². The van der Waals surface area contributed by atoms with E-state index in [0.717, 1.165) is 0 Å². The van der Waals surface area contributed by atoms with Crippen molar-refractivity contribution in [3.63, 3.8) is 0 Å². The van der Waals surface area contributed by atoms with Gasteiger partial charge < -0.3 is 28.8 Å². The van der Waals surface area contributed by atoms with Crippen LogP contribution in [0.15, 0.2) is 36.4 Å². The molecule has 2 aromatic carbocycles. The highest BCUT2D eigenvalue weighted by Crippen LogP contribution is 2.28. The number of esters is 1. The lowest BCUT2D eigenvalue weighted by Gasteiger charge is -2.08. The van der Waals surface area contributed by atoms with E-state index in [9.17, 15) is 9.59 Å². The number of hydrogen-bond donors (Lipinski definition) is 1. The van der Waals surface area contributed by atoms with Crippen LogP contribution >= 0.6 is 0 Å². The van der Waals surface area contributed by atoms with E-state index in [1.807, 2.05) is 13.8 Å². The zero-order chi connectivity index (χ0) is 23.1. The molecule has 0 aliphatic heterocycles. The SMILES string of the molecule is CC.CCOC(=O)c1ccc(OC)c(OC)c1.COc1ccc(C(=O)O)cc1OC. The third-order valence-electron chi connectivity index (χ3n) is 3.53. The molecule has 1 N–H and O–H groups in total. The average Bonchev–Trinajstić information content (AvgIpc) is 2.79. The molecule has 166 valence electrons. The number of benzene rings is 2. The van der Waals surface area contributed by atoms with Gasteiger partial charge in [0.25, 0.3) is 0 Å². The summed E-state index contributed by atoms with van der Waals surface area (Å²) < 4.78 is 24.9. The molecule has 0 aliphatic carbocycles. The second kappa shape index (κ2) is 14.6. The zero-order valence-electron chi connectivity index (χ0n) is 18.5. The highest BCUT2D eigenvalue weighted by Gasteiger charge is 2.11. The van der Waals surface area contributed by atoms with Crippen LogP contribution in [-0.4, -0.2) is 52.1 Å². The second-order valence-electron chi connectivity index (χ2n) is 5.17. The first kappa shape index (κ1) is 26.6. The Morgan fingerprint density at radius 2 is 1.13 bits per heavy atom. The lowest BCUT2D eigenvalue weighted by atomic mass is 10.2. The minimum atomic E-state index is -0.985. The summed E-state index contributed by atoms with van der Waals surface area (Å²) in [6.07, 6.45) is 0. The van der Waals surface area contributed by atoms with Gasteiger partial charge in [-0.15, -0.1) is 0 Å². The first-order chi connectivity index (χ1) is 14.4. The number of aromatic carboxylic acids is 1. The third kappa shape index (κ3) is 7.90. The van der Waals surface area contributed by atoms with Crippen LogP contribution in [0.2, 0.25) is 0 Å². The van der Waals surface area contributed by atoms with Gasteiger partial charge in [-0.05, 0) is 43.3 Å². The average molecular weight is 422 g/mol. The van der Waals surface area contributed by atoms with Crippen molar-refractivity contribution in [1.82, 2.24) is 0 Å². The molecule has 0 saturated carbocycles. The van der Waals surface area contributed by atoms with Crippen LogP contribution in [0.3, 0.4) is 0 Å². The van der Waals surface area contributed by atoms with Crippen LogP contribution in [0, 0.1) is 0 Å². The molecule has 0 fully saturated rings. The molecular formula is C22H30O8. The molecule has 0 amide bonds. The second-order valence-corrected chi connectivity index (χ2v) is 5.17. The number of carbonyl (C=O) groups excluding carboxylic acids is 1. The molecule has 2 aromatic rings. The monoisotopic (exact) mass is 422 g/mol. The molecule has 0 atom stereocenters. The van der Waals surface area contributed by atoms with Gasteiger partial charge in [-0.25, -0.2) is 9.59 Å².